The van der Waals surface area contributed by atoms with E-state index in [1.54, 1.807) is 0 Å². The van der Waals surface area contributed by atoms with Crippen molar-refractivity contribution in [2.45, 2.75) is 13.3 Å². The minimum absolute atomic E-state index is 1.02. The quantitative estimate of drug-likeness (QED) is 0.642. The monoisotopic (exact) mass is 232 g/mol. The lowest BCUT2D eigenvalue weighted by Gasteiger charge is -2.12. The van der Waals surface area contributed by atoms with Gasteiger partial charge in [0.15, 0.2) is 0 Å². The van der Waals surface area contributed by atoms with Crippen molar-refractivity contribution in [3.63, 3.8) is 0 Å². The van der Waals surface area contributed by atoms with Crippen LogP contribution in [0.3, 0.4) is 0 Å². The molecule has 0 radical (unpaired) electrons. The Balaban J connectivity index is 2.27. The maximum Gasteiger partial charge on any atom is -0.0105 e. The van der Waals surface area contributed by atoms with Crippen molar-refractivity contribution >= 4 is 12.2 Å². The van der Waals surface area contributed by atoms with Gasteiger partial charge in [-0.1, -0.05) is 66.8 Å². The smallest absolute Gasteiger partial charge is 0.0105 e. The Morgan fingerprint density at radius 1 is 0.778 bits per heavy atom. The Bertz CT molecular complexity index is 616. The number of allylic oxidation sites excluding steroid dienone is 2. The molecule has 0 unspecified atom stereocenters. The molecule has 0 N–H and O–H groups in total. The van der Waals surface area contributed by atoms with Crippen LogP contribution in [0.1, 0.15) is 23.1 Å². The van der Waals surface area contributed by atoms with E-state index >= 15 is 0 Å². The number of rotatable bonds is 1. The van der Waals surface area contributed by atoms with E-state index in [0.29, 0.717) is 0 Å². The van der Waals surface area contributed by atoms with E-state index in [-0.39, 0.29) is 0 Å². The lowest BCUT2D eigenvalue weighted by molar-refractivity contribution is 1.42. The van der Waals surface area contributed by atoms with Crippen LogP contribution in [0.25, 0.3) is 23.3 Å². The van der Waals surface area contributed by atoms with Crippen LogP contribution in [0.2, 0.25) is 0 Å². The molecule has 88 valence electrons. The van der Waals surface area contributed by atoms with E-state index in [2.05, 4.69) is 73.7 Å². The third kappa shape index (κ3) is 1.91. The van der Waals surface area contributed by atoms with Crippen LogP contribution in [0.15, 0.2) is 54.6 Å². The zero-order valence-corrected chi connectivity index (χ0v) is 10.6. The maximum absolute atomic E-state index is 2.25. The van der Waals surface area contributed by atoms with E-state index in [9.17, 15) is 0 Å². The molecular formula is C18H16. The summed E-state index contributed by atoms with van der Waals surface area (Å²) in [5, 5.41) is 0. The largest absolute Gasteiger partial charge is 0.0801 e. The minimum atomic E-state index is 1.02. The average Bonchev–Trinajstić information content (AvgIpc) is 2.67. The van der Waals surface area contributed by atoms with Crippen LogP contribution in [-0.4, -0.2) is 0 Å². The summed E-state index contributed by atoms with van der Waals surface area (Å²) in [7, 11) is 0. The molecule has 0 aliphatic heterocycles. The molecule has 0 aromatic heterocycles. The third-order valence-electron chi connectivity index (χ3n) is 3.43. The number of aryl methyl sites for hydroxylation is 1. The van der Waals surface area contributed by atoms with Crippen LogP contribution in [0, 0.1) is 6.92 Å². The minimum Gasteiger partial charge on any atom is -0.0801 e. The summed E-state index contributed by atoms with van der Waals surface area (Å²) >= 11 is 0. The van der Waals surface area contributed by atoms with Gasteiger partial charge < -0.3 is 0 Å². The van der Waals surface area contributed by atoms with Gasteiger partial charge in [0.05, 0.1) is 0 Å². The zero-order chi connectivity index (χ0) is 12.4. The van der Waals surface area contributed by atoms with Crippen molar-refractivity contribution in [1.82, 2.24) is 0 Å². The van der Waals surface area contributed by atoms with Crippen molar-refractivity contribution in [2.24, 2.45) is 0 Å². The summed E-state index contributed by atoms with van der Waals surface area (Å²) in [4.78, 5) is 0. The third-order valence-corrected chi connectivity index (χ3v) is 3.43. The zero-order valence-electron chi connectivity index (χ0n) is 10.6. The lowest BCUT2D eigenvalue weighted by Crippen LogP contribution is -1.90. The average molecular weight is 232 g/mol. The Morgan fingerprint density at radius 2 is 1.50 bits per heavy atom. The highest BCUT2D eigenvalue weighted by molar-refractivity contribution is 5.83. The first-order valence-corrected chi connectivity index (χ1v) is 6.38. The lowest BCUT2D eigenvalue weighted by atomic mass is 9.92. The second-order valence-electron chi connectivity index (χ2n) is 4.66. The van der Waals surface area contributed by atoms with Crippen LogP contribution >= 0.6 is 0 Å². The molecule has 0 atom stereocenters. The number of hydrogen-bond donors (Lipinski definition) is 0. The molecular weight excluding hydrogens is 216 g/mol. The van der Waals surface area contributed by atoms with Crippen molar-refractivity contribution in [3.8, 4) is 11.1 Å². The highest BCUT2D eigenvalue weighted by atomic mass is 14.1. The molecule has 1 aliphatic rings. The summed E-state index contributed by atoms with van der Waals surface area (Å²) in [6.45, 7) is 2.18. The molecule has 0 heterocycles. The SMILES string of the molecule is Cc1ccc(-c2ccccc2)c2c1C=CCC=C2. The van der Waals surface area contributed by atoms with E-state index in [0.717, 1.165) is 6.42 Å². The second kappa shape index (κ2) is 4.66. The first kappa shape index (κ1) is 11.0. The second-order valence-corrected chi connectivity index (χ2v) is 4.66. The van der Waals surface area contributed by atoms with Crippen molar-refractivity contribution in [3.05, 3.63) is 71.3 Å². The molecule has 2 aromatic carbocycles. The summed E-state index contributed by atoms with van der Waals surface area (Å²) in [6, 6.07) is 15.0. The fraction of sp³-hybridized carbons (Fsp3) is 0.111. The van der Waals surface area contributed by atoms with Gasteiger partial charge in [-0.3, -0.25) is 0 Å². The topological polar surface area (TPSA) is 0 Å². The molecule has 3 rings (SSSR count). The van der Waals surface area contributed by atoms with Crippen molar-refractivity contribution in [2.75, 3.05) is 0 Å². The Hall–Kier alpha value is -2.08. The van der Waals surface area contributed by atoms with Gasteiger partial charge in [0.25, 0.3) is 0 Å². The molecule has 0 amide bonds. The van der Waals surface area contributed by atoms with Gasteiger partial charge in [0.1, 0.15) is 0 Å². The summed E-state index contributed by atoms with van der Waals surface area (Å²) < 4.78 is 0. The first-order valence-electron chi connectivity index (χ1n) is 6.38. The van der Waals surface area contributed by atoms with Crippen LogP contribution in [-0.2, 0) is 0 Å². The Labute approximate surface area is 108 Å². The molecule has 0 saturated carbocycles. The molecule has 2 aromatic rings. The van der Waals surface area contributed by atoms with Gasteiger partial charge in [-0.2, -0.15) is 0 Å². The van der Waals surface area contributed by atoms with Gasteiger partial charge in [-0.05, 0) is 41.2 Å². The van der Waals surface area contributed by atoms with Gasteiger partial charge in [0, 0.05) is 0 Å². The summed E-state index contributed by atoms with van der Waals surface area (Å²) in [5.74, 6) is 0. The number of fused-ring (bicyclic) bond motifs is 1. The van der Waals surface area contributed by atoms with Gasteiger partial charge in [-0.25, -0.2) is 0 Å². The molecule has 18 heavy (non-hydrogen) atoms. The van der Waals surface area contributed by atoms with Crippen molar-refractivity contribution in [1.29, 1.82) is 0 Å². The van der Waals surface area contributed by atoms with E-state index < -0.39 is 0 Å². The van der Waals surface area contributed by atoms with Gasteiger partial charge >= 0.3 is 0 Å². The Morgan fingerprint density at radius 3 is 2.28 bits per heavy atom. The standard InChI is InChI=1S/C18H16/c1-14-12-13-17(15-8-4-2-5-9-15)18-11-7-3-6-10-16(14)18/h2,4-13H,3H2,1H3. The fourth-order valence-corrected chi connectivity index (χ4v) is 2.47. The Kier molecular flexibility index (Phi) is 2.85. The maximum atomic E-state index is 2.25. The molecule has 0 fully saturated rings. The van der Waals surface area contributed by atoms with E-state index in [1.165, 1.54) is 27.8 Å². The predicted octanol–water partition coefficient (Wildman–Crippen LogP) is 5.09. The van der Waals surface area contributed by atoms with Gasteiger partial charge in [-0.15, -0.1) is 0 Å². The predicted molar refractivity (Wildman–Crippen MR) is 79.3 cm³/mol. The first-order chi connectivity index (χ1) is 8.86. The number of benzene rings is 2. The van der Waals surface area contributed by atoms with Crippen molar-refractivity contribution < 1.29 is 0 Å². The van der Waals surface area contributed by atoms with E-state index in [1.807, 2.05) is 0 Å². The van der Waals surface area contributed by atoms with Crippen LogP contribution in [0.5, 0.6) is 0 Å². The highest BCUT2D eigenvalue weighted by Gasteiger charge is 2.09. The van der Waals surface area contributed by atoms with Crippen LogP contribution < -0.4 is 0 Å². The highest BCUT2D eigenvalue weighted by Crippen LogP contribution is 2.31. The summed E-state index contributed by atoms with van der Waals surface area (Å²) in [5.41, 5.74) is 6.64. The molecule has 0 bridgehead atoms. The summed E-state index contributed by atoms with van der Waals surface area (Å²) in [6.07, 6.45) is 9.97. The van der Waals surface area contributed by atoms with E-state index in [4.69, 9.17) is 0 Å². The number of hydrogen-bond acceptors (Lipinski definition) is 0. The molecule has 0 heteroatoms. The molecule has 0 saturated heterocycles. The molecule has 1 aliphatic carbocycles. The van der Waals surface area contributed by atoms with Gasteiger partial charge in [0.2, 0.25) is 0 Å². The normalized spacial score (nSPS) is 13.2. The fourth-order valence-electron chi connectivity index (χ4n) is 2.47. The molecule has 0 spiro atoms. The molecule has 0 nitrogen and oxygen atoms in total. The van der Waals surface area contributed by atoms with Crippen LogP contribution in [0.4, 0.5) is 0 Å².